The molecule has 0 spiro atoms. The Morgan fingerprint density at radius 2 is 1.72 bits per heavy atom. The summed E-state index contributed by atoms with van der Waals surface area (Å²) in [5.74, 6) is -0.763. The number of amides is 2. The van der Waals surface area contributed by atoms with E-state index in [1.807, 2.05) is 54.6 Å². The van der Waals surface area contributed by atoms with Crippen molar-refractivity contribution in [2.75, 3.05) is 17.3 Å². The number of nitrogens with one attached hydrogen (secondary N) is 2. The van der Waals surface area contributed by atoms with Gasteiger partial charge in [-0.2, -0.15) is 0 Å². The predicted octanol–water partition coefficient (Wildman–Crippen LogP) is 6.82. The van der Waals surface area contributed by atoms with E-state index < -0.39 is 11.7 Å². The molecule has 0 radical (unpaired) electrons. The fourth-order valence-electron chi connectivity index (χ4n) is 5.06. The Morgan fingerprint density at radius 3 is 2.58 bits per heavy atom. The fourth-order valence-corrected chi connectivity index (χ4v) is 5.99. The van der Waals surface area contributed by atoms with Crippen molar-refractivity contribution in [3.05, 3.63) is 119 Å². The number of hydrogen-bond acceptors (Lipinski definition) is 6. The summed E-state index contributed by atoms with van der Waals surface area (Å²) in [6.07, 6.45) is 1.82. The average Bonchev–Trinajstić information content (AvgIpc) is 3.69. The number of hydrogen-bond donors (Lipinski definition) is 2. The van der Waals surface area contributed by atoms with Crippen LogP contribution in [-0.2, 0) is 9.59 Å². The number of rotatable bonds is 5. The molecule has 0 saturated carbocycles. The van der Waals surface area contributed by atoms with E-state index in [-0.39, 0.29) is 16.8 Å². The lowest BCUT2D eigenvalue weighted by Crippen LogP contribution is -2.28. The third-order valence-electron chi connectivity index (χ3n) is 7.12. The quantitative estimate of drug-likeness (QED) is 0.174. The van der Waals surface area contributed by atoms with Gasteiger partial charge in [-0.25, -0.2) is 4.39 Å². The molecule has 7 rings (SSSR count). The summed E-state index contributed by atoms with van der Waals surface area (Å²) >= 11 is 1.13. The van der Waals surface area contributed by atoms with Gasteiger partial charge in [-0.05, 0) is 65.9 Å². The lowest BCUT2D eigenvalue weighted by atomic mass is 10.0. The highest BCUT2D eigenvalue weighted by molar-refractivity contribution is 8.19. The number of halogens is 1. The van der Waals surface area contributed by atoms with Crippen LogP contribution in [-0.4, -0.2) is 34.8 Å². The van der Waals surface area contributed by atoms with E-state index in [9.17, 15) is 14.0 Å². The molecule has 3 heterocycles. The van der Waals surface area contributed by atoms with Gasteiger partial charge in [0.2, 0.25) is 5.17 Å². The summed E-state index contributed by atoms with van der Waals surface area (Å²) in [5.41, 5.74) is 4.93. The molecule has 0 unspecified atom stereocenters. The molecule has 0 bridgehead atoms. The maximum atomic E-state index is 14.0. The van der Waals surface area contributed by atoms with Gasteiger partial charge in [0, 0.05) is 33.8 Å². The molecule has 1 saturated heterocycles. The van der Waals surface area contributed by atoms with Gasteiger partial charge in [0.05, 0.1) is 23.4 Å². The number of amidine groups is 1. The second kappa shape index (κ2) is 10.7. The van der Waals surface area contributed by atoms with E-state index in [0.29, 0.717) is 27.6 Å². The first-order chi connectivity index (χ1) is 21.0. The van der Waals surface area contributed by atoms with Crippen molar-refractivity contribution in [1.82, 2.24) is 4.98 Å². The van der Waals surface area contributed by atoms with Gasteiger partial charge >= 0.3 is 0 Å². The highest BCUT2D eigenvalue weighted by Gasteiger charge is 2.36. The minimum atomic E-state index is -0.504. The summed E-state index contributed by atoms with van der Waals surface area (Å²) < 4.78 is 19.4. The molecule has 2 N–H and O–H groups in total. The van der Waals surface area contributed by atoms with E-state index >= 15 is 0 Å². The highest BCUT2D eigenvalue weighted by atomic mass is 32.2. The number of carbonyl (C=O) groups is 2. The van der Waals surface area contributed by atoms with Crippen LogP contribution in [0.1, 0.15) is 11.1 Å². The van der Waals surface area contributed by atoms with Crippen molar-refractivity contribution in [3.8, 4) is 17.0 Å². The molecule has 210 valence electrons. The van der Waals surface area contributed by atoms with Gasteiger partial charge in [0.15, 0.2) is 5.71 Å². The molecule has 5 aromatic rings. The number of benzene rings is 4. The Balaban J connectivity index is 1.32. The topological polar surface area (TPSA) is 99.2 Å². The van der Waals surface area contributed by atoms with Crippen LogP contribution in [0.25, 0.3) is 28.2 Å². The number of fused-ring (bicyclic) bond motifs is 2. The Morgan fingerprint density at radius 1 is 0.884 bits per heavy atom. The number of anilines is 2. The van der Waals surface area contributed by atoms with E-state index in [1.54, 1.807) is 31.4 Å². The summed E-state index contributed by atoms with van der Waals surface area (Å²) in [5, 5.41) is 12.5. The van der Waals surface area contributed by atoms with Crippen molar-refractivity contribution in [2.45, 2.75) is 0 Å². The maximum absolute atomic E-state index is 14.0. The first kappa shape index (κ1) is 26.4. The summed E-state index contributed by atoms with van der Waals surface area (Å²) in [7, 11) is 1.54. The van der Waals surface area contributed by atoms with Gasteiger partial charge in [0.1, 0.15) is 11.6 Å². The Hall–Kier alpha value is -5.48. The molecule has 1 aromatic heterocycles. The second-order valence-corrected chi connectivity index (χ2v) is 10.8. The minimum absolute atomic E-state index is 0.0396. The smallest absolute Gasteiger partial charge is 0.276 e. The third kappa shape index (κ3) is 4.87. The van der Waals surface area contributed by atoms with E-state index in [4.69, 9.17) is 4.74 Å². The van der Waals surface area contributed by atoms with Crippen LogP contribution in [0.15, 0.2) is 112 Å². The van der Waals surface area contributed by atoms with Crippen LogP contribution < -0.4 is 15.0 Å². The zero-order chi connectivity index (χ0) is 29.5. The first-order valence-electron chi connectivity index (χ1n) is 13.3. The lowest BCUT2D eigenvalue weighted by Gasteiger charge is -2.15. The van der Waals surface area contributed by atoms with Gasteiger partial charge in [-0.15, -0.1) is 10.2 Å². The maximum Gasteiger partial charge on any atom is 0.276 e. The largest absolute Gasteiger partial charge is 0.497 e. The Bertz CT molecular complexity index is 2010. The third-order valence-corrected chi connectivity index (χ3v) is 8.08. The fraction of sp³-hybridized carbons (Fsp3) is 0.0303. The van der Waals surface area contributed by atoms with Crippen molar-refractivity contribution in [2.24, 2.45) is 10.2 Å². The van der Waals surface area contributed by atoms with Crippen LogP contribution in [0, 0.1) is 5.82 Å². The summed E-state index contributed by atoms with van der Waals surface area (Å²) in [6.45, 7) is 0. The molecule has 0 aliphatic carbocycles. The molecule has 2 aliphatic heterocycles. The molecule has 10 heteroatoms. The van der Waals surface area contributed by atoms with E-state index in [0.717, 1.165) is 39.5 Å². The van der Waals surface area contributed by atoms with Crippen LogP contribution in [0.4, 0.5) is 15.8 Å². The van der Waals surface area contributed by atoms with Crippen molar-refractivity contribution < 1.29 is 18.7 Å². The van der Waals surface area contributed by atoms with Crippen LogP contribution in [0.3, 0.4) is 0 Å². The number of ether oxygens (including phenoxy) is 1. The molecule has 43 heavy (non-hydrogen) atoms. The SMILES string of the molecule is COc1cccc(N2C(=O)C(=Cc3ccccc3-c3cc4ccccc4[nH]3)SC2=NN=C2C(=O)Nc3ccc(F)cc32)c1. The lowest BCUT2D eigenvalue weighted by molar-refractivity contribution is -0.113. The Labute approximate surface area is 249 Å². The standard InChI is InChI=1S/C33H22FN5O3S/c1-42-23-10-6-9-22(18-23)39-32(41)29(43-33(39)38-37-30-25-17-21(34)13-14-27(25)36-31(30)40)16-19-7-2-4-11-24(19)28-15-20-8-3-5-12-26(20)35-28/h2-18,35H,1H3,(H,36,37,40). The number of nitrogens with zero attached hydrogens (tertiary/aromatic N) is 3. The zero-order valence-corrected chi connectivity index (χ0v) is 23.5. The van der Waals surface area contributed by atoms with Crippen molar-refractivity contribution in [3.63, 3.8) is 0 Å². The van der Waals surface area contributed by atoms with Crippen molar-refractivity contribution >= 4 is 62.8 Å². The monoisotopic (exact) mass is 587 g/mol. The van der Waals surface area contributed by atoms with E-state index in [1.165, 1.54) is 23.1 Å². The number of para-hydroxylation sites is 1. The number of aromatic amines is 1. The predicted molar refractivity (Wildman–Crippen MR) is 169 cm³/mol. The first-order valence-corrected chi connectivity index (χ1v) is 14.1. The van der Waals surface area contributed by atoms with Crippen LogP contribution in [0.5, 0.6) is 5.75 Å². The molecular formula is C33H22FN5O3S. The van der Waals surface area contributed by atoms with Gasteiger partial charge < -0.3 is 15.0 Å². The number of aromatic nitrogens is 1. The normalized spacial score (nSPS) is 17.3. The van der Waals surface area contributed by atoms with Crippen LogP contribution >= 0.6 is 11.8 Å². The van der Waals surface area contributed by atoms with E-state index in [2.05, 4.69) is 26.6 Å². The molecule has 2 aliphatic rings. The Kier molecular flexibility index (Phi) is 6.59. The van der Waals surface area contributed by atoms with Crippen molar-refractivity contribution in [1.29, 1.82) is 0 Å². The summed E-state index contributed by atoms with van der Waals surface area (Å²) in [4.78, 5) is 31.9. The number of methoxy groups -OCH3 is 1. The summed E-state index contributed by atoms with van der Waals surface area (Å²) in [6, 6.07) is 28.9. The van der Waals surface area contributed by atoms with Gasteiger partial charge in [-0.3, -0.25) is 14.5 Å². The second-order valence-electron chi connectivity index (χ2n) is 9.79. The zero-order valence-electron chi connectivity index (χ0n) is 22.7. The number of thioether (sulfide) groups is 1. The van der Waals surface area contributed by atoms with Gasteiger partial charge in [-0.1, -0.05) is 48.5 Å². The minimum Gasteiger partial charge on any atom is -0.497 e. The average molecular weight is 588 g/mol. The number of carbonyl (C=O) groups excluding carboxylic acids is 2. The molecule has 4 aromatic carbocycles. The molecule has 1 fully saturated rings. The number of H-pyrrole nitrogens is 1. The molecular weight excluding hydrogens is 565 g/mol. The highest BCUT2D eigenvalue weighted by Crippen LogP contribution is 2.39. The van der Waals surface area contributed by atoms with Crippen LogP contribution in [0.2, 0.25) is 0 Å². The molecule has 8 nitrogen and oxygen atoms in total. The van der Waals surface area contributed by atoms with Gasteiger partial charge in [0.25, 0.3) is 11.8 Å². The molecule has 0 atom stereocenters. The molecule has 2 amide bonds.